The standard InChI is InChI=1S/C11H19N3O3/c1-7(2)14-10(16)6-9(11(14)17)13-5-4-12-8(3)15/h7,9,13H,4-6H2,1-3H3,(H,12,15). The van der Waals surface area contributed by atoms with Crippen LogP contribution in [-0.2, 0) is 14.4 Å². The van der Waals surface area contributed by atoms with Crippen LogP contribution in [0.4, 0.5) is 0 Å². The molecule has 1 saturated heterocycles. The van der Waals surface area contributed by atoms with Crippen LogP contribution in [0.1, 0.15) is 27.2 Å². The van der Waals surface area contributed by atoms with Gasteiger partial charge in [-0.2, -0.15) is 0 Å². The Bertz CT molecular complexity index is 328. The van der Waals surface area contributed by atoms with E-state index in [9.17, 15) is 14.4 Å². The number of carbonyl (C=O) groups excluding carboxylic acids is 3. The summed E-state index contributed by atoms with van der Waals surface area (Å²) >= 11 is 0. The molecule has 0 saturated carbocycles. The zero-order valence-electron chi connectivity index (χ0n) is 10.4. The molecule has 1 fully saturated rings. The van der Waals surface area contributed by atoms with Gasteiger partial charge in [-0.3, -0.25) is 19.3 Å². The Kier molecular flexibility index (Phi) is 4.62. The first kappa shape index (κ1) is 13.6. The molecule has 96 valence electrons. The third-order valence-electron chi connectivity index (χ3n) is 2.59. The van der Waals surface area contributed by atoms with E-state index in [0.717, 1.165) is 0 Å². The van der Waals surface area contributed by atoms with E-state index in [2.05, 4.69) is 10.6 Å². The van der Waals surface area contributed by atoms with Crippen LogP contribution in [-0.4, -0.2) is 47.8 Å². The highest BCUT2D eigenvalue weighted by atomic mass is 16.2. The molecule has 1 unspecified atom stereocenters. The fourth-order valence-electron chi connectivity index (χ4n) is 1.84. The summed E-state index contributed by atoms with van der Waals surface area (Å²) in [7, 11) is 0. The minimum absolute atomic E-state index is 0.0999. The molecule has 1 heterocycles. The second-order valence-corrected chi connectivity index (χ2v) is 4.39. The normalized spacial score (nSPS) is 20.2. The number of hydrogen-bond acceptors (Lipinski definition) is 4. The molecule has 0 aliphatic carbocycles. The lowest BCUT2D eigenvalue weighted by molar-refractivity contribution is -0.140. The van der Waals surface area contributed by atoms with Crippen LogP contribution in [0.25, 0.3) is 0 Å². The molecule has 3 amide bonds. The molecule has 0 bridgehead atoms. The Balaban J connectivity index is 2.39. The van der Waals surface area contributed by atoms with Gasteiger partial charge in [-0.1, -0.05) is 0 Å². The monoisotopic (exact) mass is 241 g/mol. The van der Waals surface area contributed by atoms with E-state index in [0.29, 0.717) is 13.1 Å². The Morgan fingerprint density at radius 2 is 2.06 bits per heavy atom. The molecule has 1 aliphatic rings. The fraction of sp³-hybridized carbons (Fsp3) is 0.727. The fourth-order valence-corrected chi connectivity index (χ4v) is 1.84. The quantitative estimate of drug-likeness (QED) is 0.490. The van der Waals surface area contributed by atoms with Crippen molar-refractivity contribution in [1.29, 1.82) is 0 Å². The maximum atomic E-state index is 11.8. The molecule has 6 heteroatoms. The smallest absolute Gasteiger partial charge is 0.247 e. The van der Waals surface area contributed by atoms with Crippen molar-refractivity contribution in [3.63, 3.8) is 0 Å². The molecule has 1 rings (SSSR count). The highest BCUT2D eigenvalue weighted by molar-refractivity contribution is 6.05. The predicted octanol–water partition coefficient (Wildman–Crippen LogP) is -0.752. The average Bonchev–Trinajstić information content (AvgIpc) is 2.48. The summed E-state index contributed by atoms with van der Waals surface area (Å²) in [6.45, 7) is 6.00. The summed E-state index contributed by atoms with van der Waals surface area (Å²) in [6.07, 6.45) is 0.205. The number of imide groups is 1. The van der Waals surface area contributed by atoms with Crippen LogP contribution in [0, 0.1) is 0 Å². The molecular formula is C11H19N3O3. The Morgan fingerprint density at radius 1 is 1.41 bits per heavy atom. The molecule has 0 radical (unpaired) electrons. The van der Waals surface area contributed by atoms with Crippen LogP contribution in [0.2, 0.25) is 0 Å². The van der Waals surface area contributed by atoms with E-state index in [1.54, 1.807) is 0 Å². The maximum Gasteiger partial charge on any atom is 0.247 e. The van der Waals surface area contributed by atoms with Crippen molar-refractivity contribution in [3.8, 4) is 0 Å². The third-order valence-corrected chi connectivity index (χ3v) is 2.59. The highest BCUT2D eigenvalue weighted by Gasteiger charge is 2.39. The molecule has 0 aromatic carbocycles. The van der Waals surface area contributed by atoms with Gasteiger partial charge in [0.15, 0.2) is 0 Å². The molecule has 0 aromatic heterocycles. The average molecular weight is 241 g/mol. The number of nitrogens with one attached hydrogen (secondary N) is 2. The first-order valence-corrected chi connectivity index (χ1v) is 5.77. The summed E-state index contributed by atoms with van der Waals surface area (Å²) in [5, 5.41) is 5.59. The van der Waals surface area contributed by atoms with Crippen LogP contribution < -0.4 is 10.6 Å². The lowest BCUT2D eigenvalue weighted by Crippen LogP contribution is -2.43. The summed E-state index contributed by atoms with van der Waals surface area (Å²) in [5.41, 5.74) is 0. The minimum Gasteiger partial charge on any atom is -0.355 e. The topological polar surface area (TPSA) is 78.5 Å². The van der Waals surface area contributed by atoms with E-state index < -0.39 is 6.04 Å². The number of amides is 3. The minimum atomic E-state index is -0.446. The Morgan fingerprint density at radius 3 is 2.53 bits per heavy atom. The van der Waals surface area contributed by atoms with Crippen molar-refractivity contribution in [1.82, 2.24) is 15.5 Å². The van der Waals surface area contributed by atoms with Crippen LogP contribution in [0.5, 0.6) is 0 Å². The van der Waals surface area contributed by atoms with Crippen molar-refractivity contribution >= 4 is 17.7 Å². The lowest BCUT2D eigenvalue weighted by Gasteiger charge is -2.19. The van der Waals surface area contributed by atoms with Crippen LogP contribution in [0.15, 0.2) is 0 Å². The van der Waals surface area contributed by atoms with Crippen LogP contribution >= 0.6 is 0 Å². The van der Waals surface area contributed by atoms with Crippen molar-refractivity contribution in [2.24, 2.45) is 0 Å². The van der Waals surface area contributed by atoms with E-state index in [1.807, 2.05) is 13.8 Å². The zero-order valence-corrected chi connectivity index (χ0v) is 10.4. The number of likely N-dealkylation sites (tertiary alicyclic amines) is 1. The van der Waals surface area contributed by atoms with Gasteiger partial charge in [-0.25, -0.2) is 0 Å². The SMILES string of the molecule is CC(=O)NCCNC1CC(=O)N(C(C)C)C1=O. The van der Waals surface area contributed by atoms with Gasteiger partial charge >= 0.3 is 0 Å². The Hall–Kier alpha value is -1.43. The molecule has 17 heavy (non-hydrogen) atoms. The van der Waals surface area contributed by atoms with Gasteiger partial charge in [0.05, 0.1) is 12.5 Å². The summed E-state index contributed by atoms with van der Waals surface area (Å²) in [5.74, 6) is -0.417. The van der Waals surface area contributed by atoms with Crippen molar-refractivity contribution in [3.05, 3.63) is 0 Å². The molecular weight excluding hydrogens is 222 g/mol. The van der Waals surface area contributed by atoms with Gasteiger partial charge in [0, 0.05) is 26.1 Å². The second-order valence-electron chi connectivity index (χ2n) is 4.39. The van der Waals surface area contributed by atoms with Gasteiger partial charge in [0.1, 0.15) is 0 Å². The molecule has 2 N–H and O–H groups in total. The maximum absolute atomic E-state index is 11.8. The largest absolute Gasteiger partial charge is 0.355 e. The molecule has 1 atom stereocenters. The molecule has 0 aromatic rings. The first-order valence-electron chi connectivity index (χ1n) is 5.77. The number of rotatable bonds is 5. The van der Waals surface area contributed by atoms with Gasteiger partial charge in [-0.05, 0) is 13.8 Å². The van der Waals surface area contributed by atoms with Gasteiger partial charge in [-0.15, -0.1) is 0 Å². The highest BCUT2D eigenvalue weighted by Crippen LogP contribution is 2.15. The Labute approximate surface area is 101 Å². The van der Waals surface area contributed by atoms with E-state index in [-0.39, 0.29) is 30.2 Å². The summed E-state index contributed by atoms with van der Waals surface area (Å²) in [6, 6.07) is -0.546. The van der Waals surface area contributed by atoms with E-state index in [1.165, 1.54) is 11.8 Å². The third kappa shape index (κ3) is 3.52. The molecule has 1 aliphatic heterocycles. The predicted molar refractivity (Wildman–Crippen MR) is 62.1 cm³/mol. The second kappa shape index (κ2) is 5.77. The molecule has 6 nitrogen and oxygen atoms in total. The van der Waals surface area contributed by atoms with E-state index >= 15 is 0 Å². The summed E-state index contributed by atoms with van der Waals surface area (Å²) in [4.78, 5) is 35.3. The summed E-state index contributed by atoms with van der Waals surface area (Å²) < 4.78 is 0. The zero-order chi connectivity index (χ0) is 13.0. The number of nitrogens with zero attached hydrogens (tertiary/aromatic N) is 1. The van der Waals surface area contributed by atoms with Crippen molar-refractivity contribution < 1.29 is 14.4 Å². The number of carbonyl (C=O) groups is 3. The van der Waals surface area contributed by atoms with Crippen molar-refractivity contribution in [2.45, 2.75) is 39.3 Å². The lowest BCUT2D eigenvalue weighted by atomic mass is 10.2. The van der Waals surface area contributed by atoms with Gasteiger partial charge in [0.25, 0.3) is 0 Å². The van der Waals surface area contributed by atoms with Gasteiger partial charge < -0.3 is 10.6 Å². The van der Waals surface area contributed by atoms with E-state index in [4.69, 9.17) is 0 Å². The van der Waals surface area contributed by atoms with Gasteiger partial charge in [0.2, 0.25) is 17.7 Å². The number of hydrogen-bond donors (Lipinski definition) is 2. The molecule has 0 spiro atoms. The first-order chi connectivity index (χ1) is 7.93. The van der Waals surface area contributed by atoms with Crippen LogP contribution in [0.3, 0.4) is 0 Å². The van der Waals surface area contributed by atoms with Crippen molar-refractivity contribution in [2.75, 3.05) is 13.1 Å².